The number of hydrogen-bond acceptors (Lipinski definition) is 1. The number of halogens is 1. The summed E-state index contributed by atoms with van der Waals surface area (Å²) in [6.45, 7) is 0.974. The highest BCUT2D eigenvalue weighted by atomic mass is 35.5. The van der Waals surface area contributed by atoms with E-state index in [1.54, 1.807) is 0 Å². The van der Waals surface area contributed by atoms with E-state index in [-0.39, 0.29) is 12.4 Å². The molecule has 2 aromatic heterocycles. The molecule has 0 aliphatic heterocycles. The molecular weight excluding hydrogens is 234 g/mol. The molecule has 0 aliphatic carbocycles. The fourth-order valence-electron chi connectivity index (χ4n) is 2.01. The zero-order valence-corrected chi connectivity index (χ0v) is 10.2. The predicted octanol–water partition coefficient (Wildman–Crippen LogP) is 3.03. The van der Waals surface area contributed by atoms with Crippen LogP contribution in [0.3, 0.4) is 0 Å². The number of para-hydroxylation sites is 1. The van der Waals surface area contributed by atoms with Crippen molar-refractivity contribution in [2.75, 3.05) is 0 Å². The number of fused-ring (bicyclic) bond motifs is 1. The van der Waals surface area contributed by atoms with Crippen molar-refractivity contribution in [1.29, 1.82) is 0 Å². The van der Waals surface area contributed by atoms with Gasteiger partial charge in [-0.25, -0.2) is 4.98 Å². The van der Waals surface area contributed by atoms with E-state index in [1.807, 2.05) is 18.7 Å². The Morgan fingerprint density at radius 1 is 1.24 bits per heavy atom. The van der Waals surface area contributed by atoms with E-state index in [0.717, 1.165) is 13.0 Å². The van der Waals surface area contributed by atoms with Crippen LogP contribution in [0.15, 0.2) is 49.2 Å². The number of aromatic amines is 1. The summed E-state index contributed by atoms with van der Waals surface area (Å²) in [6.07, 6.45) is 8.79. The van der Waals surface area contributed by atoms with Gasteiger partial charge in [-0.1, -0.05) is 18.2 Å². The van der Waals surface area contributed by atoms with E-state index >= 15 is 0 Å². The molecule has 1 N–H and O–H groups in total. The Morgan fingerprint density at radius 2 is 2.12 bits per heavy atom. The summed E-state index contributed by atoms with van der Waals surface area (Å²) in [6, 6.07) is 8.40. The third kappa shape index (κ3) is 2.34. The maximum atomic E-state index is 4.04. The molecule has 1 aromatic carbocycles. The van der Waals surface area contributed by atoms with E-state index in [2.05, 4.69) is 45.0 Å². The Labute approximate surface area is 106 Å². The molecule has 3 nitrogen and oxygen atoms in total. The molecule has 17 heavy (non-hydrogen) atoms. The minimum Gasteiger partial charge on any atom is -0.361 e. The lowest BCUT2D eigenvalue weighted by Crippen LogP contribution is -1.97. The topological polar surface area (TPSA) is 33.6 Å². The molecule has 88 valence electrons. The van der Waals surface area contributed by atoms with Crippen molar-refractivity contribution in [2.24, 2.45) is 0 Å². The van der Waals surface area contributed by atoms with Crippen LogP contribution in [0.5, 0.6) is 0 Å². The van der Waals surface area contributed by atoms with Crippen molar-refractivity contribution in [3.63, 3.8) is 0 Å². The van der Waals surface area contributed by atoms with Crippen molar-refractivity contribution in [1.82, 2.24) is 14.5 Å². The van der Waals surface area contributed by atoms with Gasteiger partial charge in [0.05, 0.1) is 6.33 Å². The third-order valence-corrected chi connectivity index (χ3v) is 2.87. The largest absolute Gasteiger partial charge is 0.361 e. The van der Waals surface area contributed by atoms with Crippen LogP contribution in [0.2, 0.25) is 0 Å². The van der Waals surface area contributed by atoms with Crippen molar-refractivity contribution >= 4 is 23.3 Å². The van der Waals surface area contributed by atoms with E-state index in [0.29, 0.717) is 0 Å². The highest BCUT2D eigenvalue weighted by Gasteiger charge is 2.02. The number of nitrogens with zero attached hydrogens (tertiary/aromatic N) is 2. The van der Waals surface area contributed by atoms with Gasteiger partial charge < -0.3 is 9.55 Å². The summed E-state index contributed by atoms with van der Waals surface area (Å²) >= 11 is 0. The van der Waals surface area contributed by atoms with Gasteiger partial charge in [0, 0.05) is 36.0 Å². The fraction of sp³-hybridized carbons (Fsp3) is 0.154. The molecule has 0 radical (unpaired) electrons. The first-order valence-electron chi connectivity index (χ1n) is 5.44. The zero-order chi connectivity index (χ0) is 10.8. The Morgan fingerprint density at radius 3 is 2.94 bits per heavy atom. The summed E-state index contributed by atoms with van der Waals surface area (Å²) in [7, 11) is 0. The van der Waals surface area contributed by atoms with Crippen LogP contribution < -0.4 is 0 Å². The number of H-pyrrole nitrogens is 1. The molecule has 4 heteroatoms. The third-order valence-electron chi connectivity index (χ3n) is 2.87. The van der Waals surface area contributed by atoms with Crippen LogP contribution in [-0.4, -0.2) is 14.5 Å². The van der Waals surface area contributed by atoms with Gasteiger partial charge in [-0.15, -0.1) is 12.4 Å². The van der Waals surface area contributed by atoms with Crippen LogP contribution in [0, 0.1) is 0 Å². The Kier molecular flexibility index (Phi) is 3.49. The first kappa shape index (κ1) is 11.7. The number of benzene rings is 1. The predicted molar refractivity (Wildman–Crippen MR) is 71.5 cm³/mol. The number of imidazole rings is 1. The molecule has 0 aliphatic rings. The smallest absolute Gasteiger partial charge is 0.0946 e. The van der Waals surface area contributed by atoms with Crippen molar-refractivity contribution < 1.29 is 0 Å². The van der Waals surface area contributed by atoms with Crippen LogP contribution in [0.25, 0.3) is 10.9 Å². The van der Waals surface area contributed by atoms with E-state index in [9.17, 15) is 0 Å². The van der Waals surface area contributed by atoms with E-state index < -0.39 is 0 Å². The molecule has 3 rings (SSSR count). The maximum Gasteiger partial charge on any atom is 0.0946 e. The summed E-state index contributed by atoms with van der Waals surface area (Å²) in [5, 5.41) is 1.32. The highest BCUT2D eigenvalue weighted by molar-refractivity contribution is 5.85. The second-order valence-corrected chi connectivity index (χ2v) is 3.91. The SMILES string of the molecule is Cl.c1ccc2c(CCn3ccnc3)c[nH]c2c1. The lowest BCUT2D eigenvalue weighted by Gasteiger charge is -2.00. The van der Waals surface area contributed by atoms with Crippen molar-refractivity contribution in [3.05, 3.63) is 54.7 Å². The molecular formula is C13H14ClN3. The Hall–Kier alpha value is -1.74. The monoisotopic (exact) mass is 247 g/mol. The number of nitrogens with one attached hydrogen (secondary N) is 1. The Balaban J connectivity index is 0.00000108. The second kappa shape index (κ2) is 5.06. The number of aromatic nitrogens is 3. The van der Waals surface area contributed by atoms with Crippen LogP contribution in [0.1, 0.15) is 5.56 Å². The fourth-order valence-corrected chi connectivity index (χ4v) is 2.01. The van der Waals surface area contributed by atoms with Crippen LogP contribution in [0.4, 0.5) is 0 Å². The maximum absolute atomic E-state index is 4.04. The average Bonchev–Trinajstić information content (AvgIpc) is 2.96. The van der Waals surface area contributed by atoms with E-state index in [4.69, 9.17) is 0 Å². The minimum absolute atomic E-state index is 0. The number of hydrogen-bond donors (Lipinski definition) is 1. The number of aryl methyl sites for hydroxylation is 2. The summed E-state index contributed by atoms with van der Waals surface area (Å²) in [5.74, 6) is 0. The zero-order valence-electron chi connectivity index (χ0n) is 9.34. The first-order valence-corrected chi connectivity index (χ1v) is 5.44. The molecule has 2 heterocycles. The molecule has 0 spiro atoms. The first-order chi connectivity index (χ1) is 7.93. The van der Waals surface area contributed by atoms with Crippen LogP contribution in [-0.2, 0) is 13.0 Å². The molecule has 0 bridgehead atoms. The van der Waals surface area contributed by atoms with Gasteiger partial charge in [-0.05, 0) is 18.1 Å². The van der Waals surface area contributed by atoms with Crippen molar-refractivity contribution in [3.8, 4) is 0 Å². The normalized spacial score (nSPS) is 10.4. The molecule has 0 saturated carbocycles. The van der Waals surface area contributed by atoms with Crippen LogP contribution >= 0.6 is 12.4 Å². The van der Waals surface area contributed by atoms with Gasteiger partial charge in [0.1, 0.15) is 0 Å². The quantitative estimate of drug-likeness (QED) is 0.758. The highest BCUT2D eigenvalue weighted by Crippen LogP contribution is 2.18. The van der Waals surface area contributed by atoms with Gasteiger partial charge in [0.2, 0.25) is 0 Å². The summed E-state index contributed by atoms with van der Waals surface area (Å²) < 4.78 is 2.10. The average molecular weight is 248 g/mol. The molecule has 0 amide bonds. The summed E-state index contributed by atoms with van der Waals surface area (Å²) in [4.78, 5) is 7.33. The molecule has 3 aromatic rings. The second-order valence-electron chi connectivity index (χ2n) is 3.91. The lowest BCUT2D eigenvalue weighted by atomic mass is 10.1. The molecule has 0 saturated heterocycles. The lowest BCUT2D eigenvalue weighted by molar-refractivity contribution is 0.698. The van der Waals surface area contributed by atoms with Gasteiger partial charge in [-0.2, -0.15) is 0 Å². The van der Waals surface area contributed by atoms with Gasteiger partial charge >= 0.3 is 0 Å². The molecule has 0 unspecified atom stereocenters. The Bertz CT molecular complexity index is 584. The van der Waals surface area contributed by atoms with Crippen molar-refractivity contribution in [2.45, 2.75) is 13.0 Å². The van der Waals surface area contributed by atoms with Gasteiger partial charge in [-0.3, -0.25) is 0 Å². The molecule has 0 fully saturated rings. The summed E-state index contributed by atoms with van der Waals surface area (Å²) in [5.41, 5.74) is 2.58. The number of rotatable bonds is 3. The molecule has 0 atom stereocenters. The van der Waals surface area contributed by atoms with Gasteiger partial charge in [0.15, 0.2) is 0 Å². The minimum atomic E-state index is 0. The van der Waals surface area contributed by atoms with Gasteiger partial charge in [0.25, 0.3) is 0 Å². The standard InChI is InChI=1S/C13H13N3.ClH/c1-2-4-13-12(3-1)11(9-15-13)5-7-16-8-6-14-10-16;/h1-4,6,8-10,15H,5,7H2;1H. The van der Waals surface area contributed by atoms with E-state index in [1.165, 1.54) is 16.5 Å².